The molecule has 3 heterocycles. The van der Waals surface area contributed by atoms with Crippen LogP contribution in [0.4, 0.5) is 5.82 Å². The molecule has 1 atom stereocenters. The number of halogens is 1. The molecule has 0 bridgehead atoms. The Hall–Kier alpha value is -2.35. The van der Waals surface area contributed by atoms with Crippen LogP contribution in [0.15, 0.2) is 24.5 Å². The topological polar surface area (TPSA) is 92.3 Å². The maximum absolute atomic E-state index is 10.7. The average molecular weight is 297 g/mol. The van der Waals surface area contributed by atoms with Crippen LogP contribution in [0.3, 0.4) is 0 Å². The number of rotatable bonds is 3. The van der Waals surface area contributed by atoms with Crippen LogP contribution in [-0.2, 0) is 6.54 Å². The molecule has 0 saturated heterocycles. The van der Waals surface area contributed by atoms with Crippen LogP contribution < -0.4 is 9.47 Å². The predicted octanol–water partition coefficient (Wildman–Crippen LogP) is 1.68. The maximum atomic E-state index is 10.7. The Morgan fingerprint density at radius 3 is 3.20 bits per heavy atom. The number of ether oxygens (including phenoxy) is 2. The first kappa shape index (κ1) is 12.7. The highest BCUT2D eigenvalue weighted by Crippen LogP contribution is 2.24. The highest BCUT2D eigenvalue weighted by Gasteiger charge is 2.28. The lowest BCUT2D eigenvalue weighted by Gasteiger charge is -2.23. The molecular weight excluding hydrogens is 288 g/mol. The molecule has 20 heavy (non-hydrogen) atoms. The second kappa shape index (κ2) is 4.97. The first-order valence-electron chi connectivity index (χ1n) is 5.74. The molecule has 1 aliphatic rings. The molecule has 104 valence electrons. The van der Waals surface area contributed by atoms with Crippen LogP contribution in [0.1, 0.15) is 0 Å². The van der Waals surface area contributed by atoms with E-state index in [1.165, 1.54) is 12.4 Å². The van der Waals surface area contributed by atoms with E-state index in [1.54, 1.807) is 16.7 Å². The predicted molar refractivity (Wildman–Crippen MR) is 68.0 cm³/mol. The summed E-state index contributed by atoms with van der Waals surface area (Å²) >= 11 is 5.77. The van der Waals surface area contributed by atoms with Gasteiger partial charge in [0.2, 0.25) is 0 Å². The Balaban J connectivity index is 1.73. The molecule has 8 nitrogen and oxygen atoms in total. The summed E-state index contributed by atoms with van der Waals surface area (Å²) in [5.41, 5.74) is 0. The van der Waals surface area contributed by atoms with E-state index in [2.05, 4.69) is 9.97 Å². The summed E-state index contributed by atoms with van der Waals surface area (Å²) in [6.07, 6.45) is 2.58. The van der Waals surface area contributed by atoms with Gasteiger partial charge in [0.15, 0.2) is 6.10 Å². The lowest BCUT2D eigenvalue weighted by atomic mass is 10.3. The van der Waals surface area contributed by atoms with Gasteiger partial charge in [-0.15, -0.1) is 0 Å². The number of pyridine rings is 1. The van der Waals surface area contributed by atoms with Crippen LogP contribution >= 0.6 is 11.6 Å². The summed E-state index contributed by atoms with van der Waals surface area (Å²) in [6.45, 7) is 0.671. The van der Waals surface area contributed by atoms with Gasteiger partial charge in [-0.2, -0.15) is 0 Å². The van der Waals surface area contributed by atoms with Gasteiger partial charge < -0.3 is 19.6 Å². The van der Waals surface area contributed by atoms with E-state index < -0.39 is 4.92 Å². The van der Waals surface area contributed by atoms with Gasteiger partial charge in [0.1, 0.15) is 23.7 Å². The van der Waals surface area contributed by atoms with E-state index in [0.717, 1.165) is 0 Å². The van der Waals surface area contributed by atoms with Gasteiger partial charge in [-0.25, -0.2) is 4.98 Å². The molecule has 0 aromatic carbocycles. The van der Waals surface area contributed by atoms with Crippen molar-refractivity contribution < 1.29 is 14.4 Å². The molecule has 9 heteroatoms. The number of imidazole rings is 1. The molecule has 0 fully saturated rings. The summed E-state index contributed by atoms with van der Waals surface area (Å²) in [7, 11) is 0. The van der Waals surface area contributed by atoms with Crippen molar-refractivity contribution in [3.05, 3.63) is 39.8 Å². The van der Waals surface area contributed by atoms with E-state index in [0.29, 0.717) is 17.4 Å². The van der Waals surface area contributed by atoms with E-state index >= 15 is 0 Å². The van der Waals surface area contributed by atoms with Crippen molar-refractivity contribution in [1.82, 2.24) is 14.5 Å². The Kier molecular flexibility index (Phi) is 3.15. The second-order valence-corrected chi connectivity index (χ2v) is 4.54. The van der Waals surface area contributed by atoms with Crippen LogP contribution in [0.25, 0.3) is 0 Å². The second-order valence-electron chi connectivity index (χ2n) is 4.16. The fourth-order valence-electron chi connectivity index (χ4n) is 1.88. The molecule has 0 amide bonds. The van der Waals surface area contributed by atoms with Crippen molar-refractivity contribution in [2.75, 3.05) is 6.61 Å². The van der Waals surface area contributed by atoms with Crippen LogP contribution in [0.2, 0.25) is 5.15 Å². The Morgan fingerprint density at radius 2 is 2.45 bits per heavy atom. The molecule has 0 saturated carbocycles. The molecule has 0 N–H and O–H groups in total. The summed E-state index contributed by atoms with van der Waals surface area (Å²) < 4.78 is 12.6. The SMILES string of the molecule is O=[N+]([O-])c1cn2c(n1)OC[C@@H](Oc1ccnc(Cl)c1)C2. The first-order chi connectivity index (χ1) is 9.61. The quantitative estimate of drug-likeness (QED) is 0.486. The smallest absolute Gasteiger partial charge is 0.414 e. The minimum absolute atomic E-state index is 0.226. The van der Waals surface area contributed by atoms with Gasteiger partial charge in [0, 0.05) is 17.2 Å². The fraction of sp³-hybridized carbons (Fsp3) is 0.273. The zero-order chi connectivity index (χ0) is 14.1. The minimum Gasteiger partial charge on any atom is -0.485 e. The zero-order valence-electron chi connectivity index (χ0n) is 10.1. The lowest BCUT2D eigenvalue weighted by Crippen LogP contribution is -2.34. The van der Waals surface area contributed by atoms with E-state index in [-0.39, 0.29) is 24.5 Å². The van der Waals surface area contributed by atoms with Crippen LogP contribution in [0.5, 0.6) is 11.8 Å². The highest BCUT2D eigenvalue weighted by atomic mass is 35.5. The third-order valence-electron chi connectivity index (χ3n) is 2.71. The van der Waals surface area contributed by atoms with E-state index in [9.17, 15) is 10.1 Å². The lowest BCUT2D eigenvalue weighted by molar-refractivity contribution is -0.389. The van der Waals surface area contributed by atoms with Gasteiger partial charge >= 0.3 is 11.8 Å². The summed E-state index contributed by atoms with van der Waals surface area (Å²) in [6, 6.07) is 3.50. The summed E-state index contributed by atoms with van der Waals surface area (Å²) in [5, 5.41) is 11.0. The fourth-order valence-corrected chi connectivity index (χ4v) is 2.04. The third kappa shape index (κ3) is 2.50. The molecule has 0 aliphatic carbocycles. The molecule has 0 unspecified atom stereocenters. The van der Waals surface area contributed by atoms with Gasteiger partial charge in [0.05, 0.1) is 6.54 Å². The Bertz CT molecular complexity index is 660. The molecule has 2 aromatic heterocycles. The number of hydrogen-bond acceptors (Lipinski definition) is 6. The average Bonchev–Trinajstić information content (AvgIpc) is 2.82. The number of nitrogens with zero attached hydrogens (tertiary/aromatic N) is 4. The highest BCUT2D eigenvalue weighted by molar-refractivity contribution is 6.29. The van der Waals surface area contributed by atoms with Gasteiger partial charge in [0.25, 0.3) is 0 Å². The number of hydrogen-bond donors (Lipinski definition) is 0. The largest absolute Gasteiger partial charge is 0.485 e. The van der Waals surface area contributed by atoms with Crippen molar-refractivity contribution >= 4 is 17.4 Å². The molecular formula is C11H9ClN4O4. The van der Waals surface area contributed by atoms with Crippen molar-refractivity contribution in [3.8, 4) is 11.8 Å². The van der Waals surface area contributed by atoms with Gasteiger partial charge in [-0.1, -0.05) is 11.6 Å². The molecule has 0 spiro atoms. The van der Waals surface area contributed by atoms with Crippen LogP contribution in [0, 0.1) is 10.1 Å². The van der Waals surface area contributed by atoms with Gasteiger partial charge in [-0.3, -0.25) is 4.57 Å². The molecule has 1 aliphatic heterocycles. The standard InChI is InChI=1S/C11H9ClN4O4/c12-9-3-7(1-2-13-9)20-8-4-15-5-10(16(17)18)14-11(15)19-6-8/h1-3,5,8H,4,6H2/t8-/m0/s1. The minimum atomic E-state index is -0.562. The van der Waals surface area contributed by atoms with E-state index in [4.69, 9.17) is 21.1 Å². The zero-order valence-corrected chi connectivity index (χ0v) is 10.9. The number of fused-ring (bicyclic) bond motifs is 1. The van der Waals surface area contributed by atoms with Crippen molar-refractivity contribution in [2.45, 2.75) is 12.6 Å². The molecule has 0 radical (unpaired) electrons. The third-order valence-corrected chi connectivity index (χ3v) is 2.92. The Labute approximate surface area is 118 Å². The molecule has 2 aromatic rings. The van der Waals surface area contributed by atoms with Crippen molar-refractivity contribution in [2.24, 2.45) is 0 Å². The number of nitro groups is 1. The first-order valence-corrected chi connectivity index (χ1v) is 6.12. The Morgan fingerprint density at radius 1 is 1.60 bits per heavy atom. The summed E-state index contributed by atoms with van der Waals surface area (Å²) in [5.74, 6) is 0.323. The number of aromatic nitrogens is 3. The van der Waals surface area contributed by atoms with E-state index in [1.807, 2.05) is 0 Å². The maximum Gasteiger partial charge on any atom is 0.414 e. The van der Waals surface area contributed by atoms with Crippen molar-refractivity contribution in [3.63, 3.8) is 0 Å². The monoisotopic (exact) mass is 296 g/mol. The van der Waals surface area contributed by atoms with Crippen molar-refractivity contribution in [1.29, 1.82) is 0 Å². The van der Waals surface area contributed by atoms with Crippen LogP contribution in [-0.4, -0.2) is 32.2 Å². The molecule has 3 rings (SSSR count). The summed E-state index contributed by atoms with van der Waals surface area (Å²) in [4.78, 5) is 17.7. The normalized spacial score (nSPS) is 17.1. The van der Waals surface area contributed by atoms with Gasteiger partial charge in [-0.05, 0) is 11.0 Å².